The molecule has 3 aromatic rings. The molecule has 0 bridgehead atoms. The lowest BCUT2D eigenvalue weighted by molar-refractivity contribution is -0.115. The average Bonchev–Trinajstić information content (AvgIpc) is 3.04. The Bertz CT molecular complexity index is 1140. The molecule has 0 aliphatic carbocycles. The third-order valence-electron chi connectivity index (χ3n) is 4.49. The van der Waals surface area contributed by atoms with E-state index < -0.39 is 17.8 Å². The first-order valence-electron chi connectivity index (χ1n) is 8.31. The predicted molar refractivity (Wildman–Crippen MR) is 106 cm³/mol. The lowest BCUT2D eigenvalue weighted by atomic mass is 9.95. The average molecular weight is 418 g/mol. The number of allylic oxidation sites excluding steroid dienone is 1. The van der Waals surface area contributed by atoms with Crippen molar-refractivity contribution in [3.8, 4) is 11.4 Å². The first-order valence-corrected chi connectivity index (χ1v) is 9.06. The molecule has 1 aliphatic rings. The highest BCUT2D eigenvalue weighted by molar-refractivity contribution is 6.36. The van der Waals surface area contributed by atoms with Gasteiger partial charge in [0, 0.05) is 21.8 Å². The SMILES string of the molecule is CC1=C(C(N)=O)C(c2ccccc2F)n2nc(-c3ccc(Cl)cc3Cl)nc2N1. The molecule has 4 rings (SSSR count). The molecule has 1 aliphatic heterocycles. The zero-order valence-corrected chi connectivity index (χ0v) is 16.1. The highest BCUT2D eigenvalue weighted by atomic mass is 35.5. The minimum atomic E-state index is -0.859. The van der Waals surface area contributed by atoms with Crippen LogP contribution in [-0.4, -0.2) is 20.7 Å². The van der Waals surface area contributed by atoms with Gasteiger partial charge in [-0.25, -0.2) is 9.07 Å². The minimum absolute atomic E-state index is 0.205. The van der Waals surface area contributed by atoms with Crippen LogP contribution >= 0.6 is 23.2 Å². The van der Waals surface area contributed by atoms with Crippen LogP contribution in [-0.2, 0) is 4.79 Å². The number of hydrogen-bond acceptors (Lipinski definition) is 4. The van der Waals surface area contributed by atoms with E-state index >= 15 is 0 Å². The molecule has 9 heteroatoms. The number of halogens is 3. The minimum Gasteiger partial charge on any atom is -0.366 e. The van der Waals surface area contributed by atoms with Crippen LogP contribution in [0.1, 0.15) is 18.5 Å². The zero-order chi connectivity index (χ0) is 20.0. The lowest BCUT2D eigenvalue weighted by Crippen LogP contribution is -2.32. The maximum Gasteiger partial charge on any atom is 0.248 e. The van der Waals surface area contributed by atoms with Crippen molar-refractivity contribution in [3.05, 3.63) is 75.2 Å². The molecule has 1 atom stereocenters. The van der Waals surface area contributed by atoms with Gasteiger partial charge in [0.15, 0.2) is 5.82 Å². The van der Waals surface area contributed by atoms with E-state index in [0.29, 0.717) is 33.1 Å². The number of nitrogens with two attached hydrogens (primary N) is 1. The number of hydrogen-bond donors (Lipinski definition) is 2. The van der Waals surface area contributed by atoms with Crippen molar-refractivity contribution in [1.82, 2.24) is 14.8 Å². The second-order valence-electron chi connectivity index (χ2n) is 6.28. The first kappa shape index (κ1) is 18.5. The largest absolute Gasteiger partial charge is 0.366 e. The van der Waals surface area contributed by atoms with Crippen LogP contribution in [0.4, 0.5) is 10.3 Å². The Labute approximate surface area is 169 Å². The second kappa shape index (κ2) is 6.92. The fourth-order valence-electron chi connectivity index (χ4n) is 3.24. The Morgan fingerprint density at radius 3 is 2.68 bits per heavy atom. The number of rotatable bonds is 3. The molecule has 1 aromatic heterocycles. The van der Waals surface area contributed by atoms with Crippen LogP contribution < -0.4 is 11.1 Å². The fraction of sp³-hybridized carbons (Fsp3) is 0.105. The van der Waals surface area contributed by atoms with Gasteiger partial charge in [0.1, 0.15) is 11.9 Å². The zero-order valence-electron chi connectivity index (χ0n) is 14.6. The summed E-state index contributed by atoms with van der Waals surface area (Å²) in [6.07, 6.45) is 0. The molecular formula is C19H14Cl2FN5O. The molecule has 1 unspecified atom stereocenters. The van der Waals surface area contributed by atoms with Crippen LogP contribution in [0, 0.1) is 5.82 Å². The van der Waals surface area contributed by atoms with Gasteiger partial charge in [-0.1, -0.05) is 41.4 Å². The van der Waals surface area contributed by atoms with Crippen molar-refractivity contribution in [2.75, 3.05) is 5.32 Å². The number of fused-ring (bicyclic) bond motifs is 1. The molecule has 0 saturated heterocycles. The van der Waals surface area contributed by atoms with Crippen molar-refractivity contribution in [1.29, 1.82) is 0 Å². The standard InChI is InChI=1S/C19H14Cl2FN5O/c1-9-15(17(23)28)16(12-4-2-3-5-14(12)22)27-19(24-9)25-18(26-27)11-7-6-10(20)8-13(11)21/h2-8,16H,1H3,(H2,23,28)(H,24,25,26). The quantitative estimate of drug-likeness (QED) is 0.669. The summed E-state index contributed by atoms with van der Waals surface area (Å²) in [6.45, 7) is 1.68. The van der Waals surface area contributed by atoms with E-state index in [9.17, 15) is 9.18 Å². The predicted octanol–water partition coefficient (Wildman–Crippen LogP) is 4.17. The topological polar surface area (TPSA) is 85.8 Å². The van der Waals surface area contributed by atoms with Crippen molar-refractivity contribution >= 4 is 35.1 Å². The number of anilines is 1. The Hall–Kier alpha value is -2.90. The van der Waals surface area contributed by atoms with Gasteiger partial charge in [-0.15, -0.1) is 5.10 Å². The van der Waals surface area contributed by atoms with Gasteiger partial charge >= 0.3 is 0 Å². The van der Waals surface area contributed by atoms with Crippen molar-refractivity contribution in [2.45, 2.75) is 13.0 Å². The van der Waals surface area contributed by atoms with Crippen molar-refractivity contribution in [2.24, 2.45) is 5.73 Å². The van der Waals surface area contributed by atoms with Crippen LogP contribution in [0.15, 0.2) is 53.7 Å². The van der Waals surface area contributed by atoms with E-state index in [0.717, 1.165) is 0 Å². The van der Waals surface area contributed by atoms with Gasteiger partial charge in [-0.3, -0.25) is 4.79 Å². The summed E-state index contributed by atoms with van der Waals surface area (Å²) in [6, 6.07) is 10.2. The molecular weight excluding hydrogens is 404 g/mol. The van der Waals surface area contributed by atoms with Crippen molar-refractivity contribution < 1.29 is 9.18 Å². The van der Waals surface area contributed by atoms with Gasteiger partial charge in [-0.05, 0) is 31.2 Å². The summed E-state index contributed by atoms with van der Waals surface area (Å²) in [5.74, 6) is -0.500. The smallest absolute Gasteiger partial charge is 0.248 e. The molecule has 1 amide bonds. The Morgan fingerprint density at radius 2 is 2.00 bits per heavy atom. The van der Waals surface area contributed by atoms with Crippen LogP contribution in [0.25, 0.3) is 11.4 Å². The Balaban J connectivity index is 1.92. The Morgan fingerprint density at radius 1 is 1.25 bits per heavy atom. The maximum atomic E-state index is 14.6. The number of aromatic nitrogens is 3. The van der Waals surface area contributed by atoms with Crippen molar-refractivity contribution in [3.63, 3.8) is 0 Å². The maximum absolute atomic E-state index is 14.6. The van der Waals surface area contributed by atoms with Gasteiger partial charge < -0.3 is 11.1 Å². The van der Waals surface area contributed by atoms with E-state index in [1.807, 2.05) is 0 Å². The Kier molecular flexibility index (Phi) is 4.56. The highest BCUT2D eigenvalue weighted by Crippen LogP contribution is 2.38. The molecule has 28 heavy (non-hydrogen) atoms. The van der Waals surface area contributed by atoms with Crippen LogP contribution in [0.3, 0.4) is 0 Å². The number of nitrogens with zero attached hydrogens (tertiary/aromatic N) is 3. The molecule has 2 aromatic carbocycles. The fourth-order valence-corrected chi connectivity index (χ4v) is 3.73. The summed E-state index contributed by atoms with van der Waals surface area (Å²) >= 11 is 12.2. The van der Waals surface area contributed by atoms with Gasteiger partial charge in [0.05, 0.1) is 10.6 Å². The molecule has 6 nitrogen and oxygen atoms in total. The number of carbonyl (C=O) groups excluding carboxylic acids is 1. The van der Waals surface area contributed by atoms with E-state index in [1.165, 1.54) is 10.7 Å². The number of primary amides is 1. The monoisotopic (exact) mass is 417 g/mol. The molecule has 3 N–H and O–H groups in total. The number of benzene rings is 2. The van der Waals surface area contributed by atoms with Gasteiger partial charge in [0.2, 0.25) is 11.9 Å². The third kappa shape index (κ3) is 3.02. The molecule has 0 spiro atoms. The molecule has 2 heterocycles. The highest BCUT2D eigenvalue weighted by Gasteiger charge is 2.35. The summed E-state index contributed by atoms with van der Waals surface area (Å²) in [5, 5.41) is 8.35. The van der Waals surface area contributed by atoms with E-state index in [4.69, 9.17) is 28.9 Å². The number of amides is 1. The molecule has 142 valence electrons. The van der Waals surface area contributed by atoms with Gasteiger partial charge in [0.25, 0.3) is 0 Å². The van der Waals surface area contributed by atoms with Crippen LogP contribution in [0.5, 0.6) is 0 Å². The lowest BCUT2D eigenvalue weighted by Gasteiger charge is -2.27. The second-order valence-corrected chi connectivity index (χ2v) is 7.12. The van der Waals surface area contributed by atoms with E-state index in [-0.39, 0.29) is 11.1 Å². The summed E-state index contributed by atoms with van der Waals surface area (Å²) in [5.41, 5.74) is 7.10. The molecule has 0 fully saturated rings. The first-order chi connectivity index (χ1) is 13.4. The van der Waals surface area contributed by atoms with Gasteiger partial charge in [-0.2, -0.15) is 4.98 Å². The number of carbonyl (C=O) groups is 1. The van der Waals surface area contributed by atoms with Crippen LogP contribution in [0.2, 0.25) is 10.0 Å². The summed E-state index contributed by atoms with van der Waals surface area (Å²) < 4.78 is 16.0. The third-order valence-corrected chi connectivity index (χ3v) is 5.04. The summed E-state index contributed by atoms with van der Waals surface area (Å²) in [7, 11) is 0. The normalized spacial score (nSPS) is 15.9. The molecule has 0 saturated carbocycles. The summed E-state index contributed by atoms with van der Waals surface area (Å²) in [4.78, 5) is 16.6. The number of nitrogens with one attached hydrogen (secondary N) is 1. The van der Waals surface area contributed by atoms with E-state index in [1.54, 1.807) is 43.3 Å². The van der Waals surface area contributed by atoms with E-state index in [2.05, 4.69) is 15.4 Å². The molecule has 0 radical (unpaired) electrons.